The van der Waals surface area contributed by atoms with Crippen LogP contribution in [-0.4, -0.2) is 40.9 Å². The lowest BCUT2D eigenvalue weighted by molar-refractivity contribution is -0.384. The van der Waals surface area contributed by atoms with E-state index in [9.17, 15) is 19.7 Å². The summed E-state index contributed by atoms with van der Waals surface area (Å²) in [6.45, 7) is 2.92. The van der Waals surface area contributed by atoms with E-state index in [0.29, 0.717) is 43.1 Å². The predicted octanol–water partition coefficient (Wildman–Crippen LogP) is 4.43. The summed E-state index contributed by atoms with van der Waals surface area (Å²) in [5, 5.41) is 13.6. The molecule has 4 rings (SSSR count). The minimum absolute atomic E-state index is 0.0878. The number of para-hydroxylation sites is 1. The van der Waals surface area contributed by atoms with Crippen molar-refractivity contribution in [3.8, 4) is 11.5 Å². The highest BCUT2D eigenvalue weighted by Crippen LogP contribution is 2.29. The topological polar surface area (TPSA) is 111 Å². The van der Waals surface area contributed by atoms with Crippen LogP contribution >= 0.6 is 0 Å². The van der Waals surface area contributed by atoms with E-state index in [4.69, 9.17) is 9.47 Å². The first-order valence-electron chi connectivity index (χ1n) is 11.3. The van der Waals surface area contributed by atoms with Gasteiger partial charge in [-0.3, -0.25) is 19.7 Å². The van der Waals surface area contributed by atoms with Crippen molar-refractivity contribution in [3.05, 3.63) is 94.0 Å². The zero-order valence-corrected chi connectivity index (χ0v) is 19.2. The highest BCUT2D eigenvalue weighted by molar-refractivity contribution is 6.04. The van der Waals surface area contributed by atoms with Crippen molar-refractivity contribution < 1.29 is 24.0 Å². The number of nitrogens with one attached hydrogen (secondary N) is 1. The maximum absolute atomic E-state index is 13.0. The molecule has 35 heavy (non-hydrogen) atoms. The minimum Gasteiger partial charge on any atom is -0.492 e. The van der Waals surface area contributed by atoms with Gasteiger partial charge >= 0.3 is 0 Å². The fourth-order valence-electron chi connectivity index (χ4n) is 3.76. The number of hydrogen-bond acceptors (Lipinski definition) is 6. The van der Waals surface area contributed by atoms with Crippen LogP contribution in [0.3, 0.4) is 0 Å². The second kappa shape index (κ2) is 10.7. The van der Waals surface area contributed by atoms with Gasteiger partial charge in [0.15, 0.2) is 6.10 Å². The van der Waals surface area contributed by atoms with Crippen LogP contribution in [0, 0.1) is 10.1 Å². The molecule has 1 atom stereocenters. The Bertz CT molecular complexity index is 1210. The zero-order valence-electron chi connectivity index (χ0n) is 19.2. The molecule has 1 heterocycles. The minimum atomic E-state index is -0.603. The molecule has 9 nitrogen and oxygen atoms in total. The van der Waals surface area contributed by atoms with E-state index in [1.54, 1.807) is 23.1 Å². The third-order valence-corrected chi connectivity index (χ3v) is 5.62. The molecule has 0 saturated carbocycles. The molecule has 0 fully saturated rings. The first-order chi connectivity index (χ1) is 16.9. The Morgan fingerprint density at radius 1 is 1.14 bits per heavy atom. The molecular formula is C26H25N3O6. The number of benzene rings is 3. The van der Waals surface area contributed by atoms with Crippen molar-refractivity contribution in [1.82, 2.24) is 4.90 Å². The van der Waals surface area contributed by atoms with Crippen molar-refractivity contribution >= 4 is 23.2 Å². The Balaban J connectivity index is 1.47. The second-order valence-electron chi connectivity index (χ2n) is 8.02. The number of nitro groups is 1. The smallest absolute Gasteiger partial charge is 0.269 e. The molecule has 0 aliphatic carbocycles. The largest absolute Gasteiger partial charge is 0.492 e. The SMILES string of the molecule is CC[C@@H]1Oc2ccc(NC(=O)c3ccc([N+](=O)[O-])cc3)cc2CN(CCOc2ccccc2)C1=O. The van der Waals surface area contributed by atoms with E-state index in [2.05, 4.69) is 5.32 Å². The third kappa shape index (κ3) is 5.75. The summed E-state index contributed by atoms with van der Waals surface area (Å²) >= 11 is 0. The van der Waals surface area contributed by atoms with Crippen molar-refractivity contribution in [3.63, 3.8) is 0 Å². The number of non-ortho nitro benzene ring substituents is 1. The number of hydrogen-bond donors (Lipinski definition) is 1. The van der Waals surface area contributed by atoms with Crippen molar-refractivity contribution in [2.75, 3.05) is 18.5 Å². The summed E-state index contributed by atoms with van der Waals surface area (Å²) in [6.07, 6.45) is -0.0824. The van der Waals surface area contributed by atoms with Gasteiger partial charge in [-0.1, -0.05) is 25.1 Å². The molecular weight excluding hydrogens is 450 g/mol. The molecule has 0 bridgehead atoms. The Morgan fingerprint density at radius 2 is 1.89 bits per heavy atom. The van der Waals surface area contributed by atoms with E-state index >= 15 is 0 Å². The number of nitrogens with zero attached hydrogens (tertiary/aromatic N) is 2. The van der Waals surface area contributed by atoms with E-state index in [1.165, 1.54) is 24.3 Å². The highest BCUT2D eigenvalue weighted by Gasteiger charge is 2.30. The number of carbonyl (C=O) groups excluding carboxylic acids is 2. The Hall–Kier alpha value is -4.40. The standard InChI is InChI=1S/C26H25N3O6/c1-2-23-26(31)28(14-15-34-22-6-4-3-5-7-22)17-19-16-20(10-13-24(19)35-23)27-25(30)18-8-11-21(12-9-18)29(32)33/h3-13,16,23H,2,14-15,17H2,1H3,(H,27,30)/t23-/m0/s1. The average Bonchev–Trinajstić information content (AvgIpc) is 3.00. The molecule has 0 unspecified atom stereocenters. The summed E-state index contributed by atoms with van der Waals surface area (Å²) in [5.41, 5.74) is 1.49. The molecule has 9 heteroatoms. The van der Waals surface area contributed by atoms with Gasteiger partial charge in [0.05, 0.1) is 11.5 Å². The van der Waals surface area contributed by atoms with Gasteiger partial charge in [0.25, 0.3) is 17.5 Å². The molecule has 0 spiro atoms. The van der Waals surface area contributed by atoms with Gasteiger partial charge < -0.3 is 19.7 Å². The summed E-state index contributed by atoms with van der Waals surface area (Å²) in [6, 6.07) is 20.0. The Morgan fingerprint density at radius 3 is 2.57 bits per heavy atom. The van der Waals surface area contributed by atoms with Crippen molar-refractivity contribution in [2.45, 2.75) is 26.0 Å². The number of carbonyl (C=O) groups is 2. The maximum Gasteiger partial charge on any atom is 0.269 e. The summed E-state index contributed by atoms with van der Waals surface area (Å²) < 4.78 is 11.8. The molecule has 0 aromatic heterocycles. The van der Waals surface area contributed by atoms with Gasteiger partial charge in [-0.05, 0) is 48.9 Å². The van der Waals surface area contributed by atoms with Crippen LogP contribution in [-0.2, 0) is 11.3 Å². The van der Waals surface area contributed by atoms with Crippen molar-refractivity contribution in [2.24, 2.45) is 0 Å². The molecule has 0 radical (unpaired) electrons. The molecule has 3 aromatic rings. The van der Waals surface area contributed by atoms with Gasteiger partial charge in [-0.2, -0.15) is 0 Å². The van der Waals surface area contributed by atoms with E-state index < -0.39 is 16.9 Å². The number of rotatable bonds is 8. The lowest BCUT2D eigenvalue weighted by atomic mass is 10.1. The normalized spacial score (nSPS) is 14.9. The van der Waals surface area contributed by atoms with E-state index in [1.807, 2.05) is 37.3 Å². The fraction of sp³-hybridized carbons (Fsp3) is 0.231. The van der Waals surface area contributed by atoms with Crippen LogP contribution in [0.15, 0.2) is 72.8 Å². The molecule has 1 aliphatic heterocycles. The van der Waals surface area contributed by atoms with Gasteiger partial charge in [0.2, 0.25) is 0 Å². The van der Waals surface area contributed by atoms with Crippen LogP contribution in [0.5, 0.6) is 11.5 Å². The van der Waals surface area contributed by atoms with Gasteiger partial charge in [-0.15, -0.1) is 0 Å². The highest BCUT2D eigenvalue weighted by atomic mass is 16.6. The third-order valence-electron chi connectivity index (χ3n) is 5.62. The predicted molar refractivity (Wildman–Crippen MR) is 130 cm³/mol. The number of fused-ring (bicyclic) bond motifs is 1. The Labute approximate surface area is 202 Å². The molecule has 180 valence electrons. The van der Waals surface area contributed by atoms with Crippen LogP contribution in [0.2, 0.25) is 0 Å². The van der Waals surface area contributed by atoms with E-state index in [-0.39, 0.29) is 11.6 Å². The van der Waals surface area contributed by atoms with Gasteiger partial charge in [0, 0.05) is 35.5 Å². The summed E-state index contributed by atoms with van der Waals surface area (Å²) in [7, 11) is 0. The molecule has 1 N–H and O–H groups in total. The number of nitro benzene ring substituents is 1. The number of ether oxygens (including phenoxy) is 2. The first kappa shape index (κ1) is 23.7. The maximum atomic E-state index is 13.0. The molecule has 2 amide bonds. The van der Waals surface area contributed by atoms with E-state index in [0.717, 1.165) is 11.3 Å². The lowest BCUT2D eigenvalue weighted by Crippen LogP contribution is -2.41. The zero-order chi connectivity index (χ0) is 24.8. The van der Waals surface area contributed by atoms with Crippen molar-refractivity contribution in [1.29, 1.82) is 0 Å². The second-order valence-corrected chi connectivity index (χ2v) is 8.02. The van der Waals surface area contributed by atoms with Crippen LogP contribution in [0.4, 0.5) is 11.4 Å². The number of anilines is 1. The van der Waals surface area contributed by atoms with Crippen LogP contribution < -0.4 is 14.8 Å². The Kier molecular flexibility index (Phi) is 7.25. The van der Waals surface area contributed by atoms with Gasteiger partial charge in [-0.25, -0.2) is 0 Å². The van der Waals surface area contributed by atoms with Crippen LogP contribution in [0.25, 0.3) is 0 Å². The monoisotopic (exact) mass is 475 g/mol. The molecule has 0 saturated heterocycles. The molecule has 1 aliphatic rings. The lowest BCUT2D eigenvalue weighted by Gasteiger charge is -2.23. The summed E-state index contributed by atoms with van der Waals surface area (Å²) in [4.78, 5) is 37.7. The van der Waals surface area contributed by atoms with Crippen LogP contribution in [0.1, 0.15) is 29.3 Å². The summed E-state index contributed by atoms with van der Waals surface area (Å²) in [5.74, 6) is 0.807. The average molecular weight is 476 g/mol. The fourth-order valence-corrected chi connectivity index (χ4v) is 3.76. The quantitative estimate of drug-likeness (QED) is 0.381. The number of amides is 2. The first-order valence-corrected chi connectivity index (χ1v) is 11.3. The van der Waals surface area contributed by atoms with Gasteiger partial charge in [0.1, 0.15) is 18.1 Å². The molecule has 3 aromatic carbocycles.